The highest BCUT2D eigenvalue weighted by molar-refractivity contribution is 7.13. The molecule has 0 saturated heterocycles. The predicted molar refractivity (Wildman–Crippen MR) is 110 cm³/mol. The van der Waals surface area contributed by atoms with E-state index in [1.807, 2.05) is 0 Å². The van der Waals surface area contributed by atoms with Crippen molar-refractivity contribution in [3.8, 4) is 10.6 Å². The van der Waals surface area contributed by atoms with E-state index in [0.29, 0.717) is 21.8 Å². The van der Waals surface area contributed by atoms with E-state index in [1.54, 1.807) is 5.38 Å². The van der Waals surface area contributed by atoms with Crippen LogP contribution in [0.3, 0.4) is 0 Å². The van der Waals surface area contributed by atoms with Gasteiger partial charge in [-0.25, -0.2) is 9.37 Å². The van der Waals surface area contributed by atoms with E-state index in [1.165, 1.54) is 54.8 Å². The number of nitrogens with one attached hydrogen (secondary N) is 1. The molecule has 0 aliphatic heterocycles. The normalized spacial score (nSPS) is 12.3. The van der Waals surface area contributed by atoms with Crippen molar-refractivity contribution in [3.63, 3.8) is 0 Å². The maximum atomic E-state index is 13.2. The number of hydrogen-bond donors (Lipinski definition) is 1. The number of aromatic nitrogens is 1. The number of methoxy groups -OCH3 is 1. The second kappa shape index (κ2) is 9.90. The van der Waals surface area contributed by atoms with Gasteiger partial charge in [-0.2, -0.15) is 13.2 Å². The van der Waals surface area contributed by atoms with Gasteiger partial charge in [-0.05, 0) is 29.8 Å². The minimum Gasteiger partial charge on any atom is -0.469 e. The third kappa shape index (κ3) is 6.13. The zero-order valence-corrected chi connectivity index (χ0v) is 17.6. The Morgan fingerprint density at radius 3 is 2.34 bits per heavy atom. The van der Waals surface area contributed by atoms with E-state index in [2.05, 4.69) is 15.0 Å². The molecular weight excluding hydrogens is 448 g/mol. The van der Waals surface area contributed by atoms with E-state index in [0.717, 1.165) is 12.1 Å². The lowest BCUT2D eigenvalue weighted by Crippen LogP contribution is -2.31. The van der Waals surface area contributed by atoms with Gasteiger partial charge in [0, 0.05) is 10.9 Å². The van der Waals surface area contributed by atoms with Gasteiger partial charge in [-0.3, -0.25) is 9.59 Å². The Balaban J connectivity index is 1.68. The molecule has 0 fully saturated rings. The molecule has 168 valence electrons. The molecule has 1 atom stereocenters. The number of carbonyl (C=O) groups excluding carboxylic acids is 2. The second-order valence-corrected chi connectivity index (χ2v) is 7.71. The number of ether oxygens (including phenoxy) is 1. The van der Waals surface area contributed by atoms with Gasteiger partial charge in [0.25, 0.3) is 0 Å². The van der Waals surface area contributed by atoms with Gasteiger partial charge in [-0.15, -0.1) is 11.3 Å². The standard InChI is InChI=1S/C22H18F4N2O3S/c1-31-20(30)11-18(13-4-8-16(23)9-5-13)28-19(29)10-17-12-32-21(27-17)14-2-6-15(7-3-14)22(24,25)26/h2-9,12,18H,10-11H2,1H3,(H,28,29). The molecular formula is C22H18F4N2O3S. The number of halogens is 4. The second-order valence-electron chi connectivity index (χ2n) is 6.85. The molecule has 0 saturated carbocycles. The molecule has 0 spiro atoms. The average Bonchev–Trinajstić information content (AvgIpc) is 3.21. The molecule has 32 heavy (non-hydrogen) atoms. The van der Waals surface area contributed by atoms with E-state index in [9.17, 15) is 27.2 Å². The van der Waals surface area contributed by atoms with Gasteiger partial charge in [0.05, 0.1) is 37.3 Å². The van der Waals surface area contributed by atoms with Gasteiger partial charge in [-0.1, -0.05) is 24.3 Å². The number of benzene rings is 2. The van der Waals surface area contributed by atoms with Crippen molar-refractivity contribution in [1.29, 1.82) is 0 Å². The summed E-state index contributed by atoms with van der Waals surface area (Å²) >= 11 is 1.20. The minimum atomic E-state index is -4.42. The summed E-state index contributed by atoms with van der Waals surface area (Å²) in [6.45, 7) is 0. The molecule has 10 heteroatoms. The van der Waals surface area contributed by atoms with Gasteiger partial charge in [0.1, 0.15) is 10.8 Å². The smallest absolute Gasteiger partial charge is 0.416 e. The molecule has 0 radical (unpaired) electrons. The molecule has 1 aromatic heterocycles. The fourth-order valence-corrected chi connectivity index (χ4v) is 3.76. The molecule has 0 aliphatic carbocycles. The van der Waals surface area contributed by atoms with Gasteiger partial charge >= 0.3 is 12.1 Å². The number of amides is 1. The van der Waals surface area contributed by atoms with Gasteiger partial charge < -0.3 is 10.1 Å². The molecule has 1 heterocycles. The Labute approximate surface area is 185 Å². The van der Waals surface area contributed by atoms with Crippen LogP contribution in [0, 0.1) is 5.82 Å². The summed E-state index contributed by atoms with van der Waals surface area (Å²) in [5.41, 5.74) is 0.714. The SMILES string of the molecule is COC(=O)CC(NC(=O)Cc1csc(-c2ccc(C(F)(F)F)cc2)n1)c1ccc(F)cc1. The van der Waals surface area contributed by atoms with Gasteiger partial charge in [0.15, 0.2) is 0 Å². The Kier molecular flexibility index (Phi) is 7.24. The Hall–Kier alpha value is -3.27. The van der Waals surface area contributed by atoms with Crippen molar-refractivity contribution in [3.05, 3.63) is 76.5 Å². The number of carbonyl (C=O) groups is 2. The first-order valence-electron chi connectivity index (χ1n) is 9.39. The third-order valence-corrected chi connectivity index (χ3v) is 5.50. The molecule has 1 unspecified atom stereocenters. The number of nitrogens with zero attached hydrogens (tertiary/aromatic N) is 1. The van der Waals surface area contributed by atoms with Crippen LogP contribution in [0.4, 0.5) is 17.6 Å². The number of thiazole rings is 1. The van der Waals surface area contributed by atoms with Gasteiger partial charge in [0.2, 0.25) is 5.91 Å². The number of esters is 1. The van der Waals surface area contributed by atoms with Crippen LogP contribution < -0.4 is 5.32 Å². The summed E-state index contributed by atoms with van der Waals surface area (Å²) in [7, 11) is 1.23. The van der Waals surface area contributed by atoms with E-state index in [4.69, 9.17) is 0 Å². The molecule has 3 rings (SSSR count). The monoisotopic (exact) mass is 466 g/mol. The van der Waals surface area contributed by atoms with Crippen LogP contribution in [0.2, 0.25) is 0 Å². The highest BCUT2D eigenvalue weighted by Crippen LogP contribution is 2.31. The quantitative estimate of drug-likeness (QED) is 0.396. The van der Waals surface area contributed by atoms with Crippen molar-refractivity contribution in [2.45, 2.75) is 25.1 Å². The van der Waals surface area contributed by atoms with Crippen molar-refractivity contribution >= 4 is 23.2 Å². The Morgan fingerprint density at radius 1 is 1.09 bits per heavy atom. The van der Waals surface area contributed by atoms with Crippen molar-refractivity contribution in [1.82, 2.24) is 10.3 Å². The number of rotatable bonds is 7. The summed E-state index contributed by atoms with van der Waals surface area (Å²) in [5, 5.41) is 4.83. The summed E-state index contributed by atoms with van der Waals surface area (Å²) in [5.74, 6) is -1.42. The van der Waals surface area contributed by atoms with Crippen LogP contribution in [0.5, 0.6) is 0 Å². The minimum absolute atomic E-state index is 0.101. The van der Waals surface area contributed by atoms with Crippen LogP contribution in [0.15, 0.2) is 53.9 Å². The molecule has 0 aliphatic rings. The Morgan fingerprint density at radius 2 is 1.75 bits per heavy atom. The highest BCUT2D eigenvalue weighted by Gasteiger charge is 2.30. The van der Waals surface area contributed by atoms with Crippen molar-refractivity contribution in [2.75, 3.05) is 7.11 Å². The largest absolute Gasteiger partial charge is 0.469 e. The predicted octanol–water partition coefficient (Wildman–Crippen LogP) is 4.93. The van der Waals surface area contributed by atoms with Crippen molar-refractivity contribution < 1.29 is 31.9 Å². The first-order chi connectivity index (χ1) is 15.2. The Bertz CT molecular complexity index is 1080. The fourth-order valence-electron chi connectivity index (χ4n) is 2.93. The first-order valence-corrected chi connectivity index (χ1v) is 10.3. The van der Waals surface area contributed by atoms with Crippen LogP contribution in [0.25, 0.3) is 10.6 Å². The summed E-state index contributed by atoms with van der Waals surface area (Å²) in [4.78, 5) is 28.6. The highest BCUT2D eigenvalue weighted by atomic mass is 32.1. The first kappa shape index (κ1) is 23.4. The summed E-state index contributed by atoms with van der Waals surface area (Å²) in [6.07, 6.45) is -4.66. The number of alkyl halides is 3. The summed E-state index contributed by atoms with van der Waals surface area (Å²) in [6, 6.07) is 9.27. The number of hydrogen-bond acceptors (Lipinski definition) is 5. The fraction of sp³-hybridized carbons (Fsp3) is 0.227. The topological polar surface area (TPSA) is 68.3 Å². The van der Waals surface area contributed by atoms with Crippen LogP contribution in [-0.4, -0.2) is 24.0 Å². The maximum absolute atomic E-state index is 13.2. The zero-order valence-electron chi connectivity index (χ0n) is 16.8. The van der Waals surface area contributed by atoms with E-state index >= 15 is 0 Å². The molecule has 0 bridgehead atoms. The lowest BCUT2D eigenvalue weighted by molar-refractivity contribution is -0.141. The average molecular weight is 466 g/mol. The van der Waals surface area contributed by atoms with E-state index < -0.39 is 35.5 Å². The van der Waals surface area contributed by atoms with Crippen LogP contribution in [-0.2, 0) is 26.9 Å². The van der Waals surface area contributed by atoms with E-state index in [-0.39, 0.29) is 12.8 Å². The zero-order chi connectivity index (χ0) is 23.3. The maximum Gasteiger partial charge on any atom is 0.416 e. The van der Waals surface area contributed by atoms with Crippen molar-refractivity contribution in [2.24, 2.45) is 0 Å². The molecule has 2 aromatic carbocycles. The lowest BCUT2D eigenvalue weighted by Gasteiger charge is -2.18. The molecule has 1 amide bonds. The lowest BCUT2D eigenvalue weighted by atomic mass is 10.0. The third-order valence-electron chi connectivity index (χ3n) is 4.56. The summed E-state index contributed by atoms with van der Waals surface area (Å²) < 4.78 is 56.0. The molecule has 5 nitrogen and oxygen atoms in total. The molecule has 3 aromatic rings. The van der Waals surface area contributed by atoms with Crippen LogP contribution >= 0.6 is 11.3 Å². The molecule has 1 N–H and O–H groups in total. The van der Waals surface area contributed by atoms with Crippen LogP contribution in [0.1, 0.15) is 29.3 Å².